The average Bonchev–Trinajstić information content (AvgIpc) is 2.23. The fourth-order valence-electron chi connectivity index (χ4n) is 1.21. The van der Waals surface area contributed by atoms with Crippen LogP contribution in [-0.2, 0) is 6.54 Å². The molecule has 1 aromatic rings. The van der Waals surface area contributed by atoms with Gasteiger partial charge in [0.05, 0.1) is 3.57 Å². The van der Waals surface area contributed by atoms with Gasteiger partial charge in [-0.05, 0) is 29.5 Å². The molecule has 1 aromatic heterocycles. The Morgan fingerprint density at radius 2 is 2.47 bits per heavy atom. The standard InChI is InChI=1S/C10H14IN3O/c1-3-4-12-5-6-14-8(2)13-7-9(11)10(14)15/h3,7,12H,1,4-6H2,2H3. The van der Waals surface area contributed by atoms with Gasteiger partial charge in [-0.15, -0.1) is 6.58 Å². The molecule has 0 saturated heterocycles. The van der Waals surface area contributed by atoms with Crippen LogP contribution >= 0.6 is 22.6 Å². The lowest BCUT2D eigenvalue weighted by Crippen LogP contribution is -2.30. The Hall–Kier alpha value is -0.690. The molecule has 0 spiro atoms. The lowest BCUT2D eigenvalue weighted by molar-refractivity contribution is 0.582. The van der Waals surface area contributed by atoms with Gasteiger partial charge < -0.3 is 5.32 Å². The SMILES string of the molecule is C=CCNCCn1c(C)ncc(I)c1=O. The number of aryl methyl sites for hydroxylation is 1. The van der Waals surface area contributed by atoms with Crippen LogP contribution in [0.1, 0.15) is 5.82 Å². The lowest BCUT2D eigenvalue weighted by atomic mass is 10.5. The summed E-state index contributed by atoms with van der Waals surface area (Å²) in [6.07, 6.45) is 3.40. The van der Waals surface area contributed by atoms with Crippen molar-refractivity contribution in [2.75, 3.05) is 13.1 Å². The molecule has 0 aliphatic heterocycles. The Balaban J connectivity index is 2.72. The van der Waals surface area contributed by atoms with Gasteiger partial charge in [0.2, 0.25) is 0 Å². The van der Waals surface area contributed by atoms with Crippen LogP contribution in [0.2, 0.25) is 0 Å². The summed E-state index contributed by atoms with van der Waals surface area (Å²) < 4.78 is 2.33. The first kappa shape index (κ1) is 12.4. The summed E-state index contributed by atoms with van der Waals surface area (Å²) in [7, 11) is 0. The predicted octanol–water partition coefficient (Wildman–Crippen LogP) is 0.932. The zero-order valence-electron chi connectivity index (χ0n) is 8.66. The average molecular weight is 319 g/mol. The predicted molar refractivity (Wildman–Crippen MR) is 69.0 cm³/mol. The van der Waals surface area contributed by atoms with Crippen molar-refractivity contribution in [3.63, 3.8) is 0 Å². The van der Waals surface area contributed by atoms with Crippen molar-refractivity contribution >= 4 is 22.6 Å². The molecular formula is C10H14IN3O. The molecule has 0 aliphatic carbocycles. The number of halogens is 1. The van der Waals surface area contributed by atoms with E-state index < -0.39 is 0 Å². The highest BCUT2D eigenvalue weighted by Gasteiger charge is 2.03. The van der Waals surface area contributed by atoms with E-state index in [0.29, 0.717) is 10.1 Å². The van der Waals surface area contributed by atoms with Gasteiger partial charge in [-0.1, -0.05) is 6.08 Å². The Kier molecular flexibility index (Phi) is 4.97. The second-order valence-corrected chi connectivity index (χ2v) is 4.27. The van der Waals surface area contributed by atoms with Crippen molar-refractivity contribution in [3.05, 3.63) is 38.6 Å². The Morgan fingerprint density at radius 1 is 1.73 bits per heavy atom. The van der Waals surface area contributed by atoms with Gasteiger partial charge in [0.25, 0.3) is 5.56 Å². The van der Waals surface area contributed by atoms with E-state index in [1.165, 1.54) is 0 Å². The summed E-state index contributed by atoms with van der Waals surface area (Å²) >= 11 is 2.00. The minimum absolute atomic E-state index is 0.0310. The highest BCUT2D eigenvalue weighted by atomic mass is 127. The highest BCUT2D eigenvalue weighted by molar-refractivity contribution is 14.1. The minimum Gasteiger partial charge on any atom is -0.312 e. The van der Waals surface area contributed by atoms with Gasteiger partial charge in [0.15, 0.2) is 0 Å². The van der Waals surface area contributed by atoms with Crippen molar-refractivity contribution in [1.82, 2.24) is 14.9 Å². The molecule has 1 rings (SSSR count). The van der Waals surface area contributed by atoms with Crippen LogP contribution in [0.25, 0.3) is 0 Å². The van der Waals surface area contributed by atoms with Crippen molar-refractivity contribution in [1.29, 1.82) is 0 Å². The molecule has 0 saturated carbocycles. The van der Waals surface area contributed by atoms with Crippen LogP contribution in [0, 0.1) is 10.5 Å². The van der Waals surface area contributed by atoms with Gasteiger partial charge in [-0.2, -0.15) is 0 Å². The molecule has 15 heavy (non-hydrogen) atoms. The summed E-state index contributed by atoms with van der Waals surface area (Å²) in [6, 6.07) is 0. The second-order valence-electron chi connectivity index (χ2n) is 3.10. The number of rotatable bonds is 5. The van der Waals surface area contributed by atoms with E-state index in [-0.39, 0.29) is 5.56 Å². The third-order valence-corrected chi connectivity index (χ3v) is 2.75. The lowest BCUT2D eigenvalue weighted by Gasteiger charge is -2.09. The first-order valence-corrected chi connectivity index (χ1v) is 5.78. The molecule has 4 nitrogen and oxygen atoms in total. The van der Waals surface area contributed by atoms with Crippen molar-refractivity contribution < 1.29 is 0 Å². The highest BCUT2D eigenvalue weighted by Crippen LogP contribution is 1.96. The number of hydrogen-bond acceptors (Lipinski definition) is 3. The maximum atomic E-state index is 11.7. The molecule has 0 bridgehead atoms. The van der Waals surface area contributed by atoms with E-state index in [1.54, 1.807) is 16.8 Å². The van der Waals surface area contributed by atoms with Crippen LogP contribution in [0.4, 0.5) is 0 Å². The monoisotopic (exact) mass is 319 g/mol. The summed E-state index contributed by atoms with van der Waals surface area (Å²) in [6.45, 7) is 7.59. The van der Waals surface area contributed by atoms with Crippen molar-refractivity contribution in [2.45, 2.75) is 13.5 Å². The normalized spacial score (nSPS) is 10.3. The molecule has 1 N–H and O–H groups in total. The maximum absolute atomic E-state index is 11.7. The molecule has 1 heterocycles. The van der Waals surface area contributed by atoms with E-state index in [0.717, 1.165) is 18.9 Å². The first-order valence-electron chi connectivity index (χ1n) is 4.70. The van der Waals surface area contributed by atoms with Crippen LogP contribution in [-0.4, -0.2) is 22.6 Å². The first-order chi connectivity index (χ1) is 7.16. The van der Waals surface area contributed by atoms with Crippen LogP contribution in [0.15, 0.2) is 23.6 Å². The molecule has 0 fully saturated rings. The van der Waals surface area contributed by atoms with Gasteiger partial charge >= 0.3 is 0 Å². The largest absolute Gasteiger partial charge is 0.312 e. The molecule has 5 heteroatoms. The number of nitrogens with one attached hydrogen (secondary N) is 1. The third-order valence-electron chi connectivity index (χ3n) is 2.01. The molecule has 0 radical (unpaired) electrons. The van der Waals surface area contributed by atoms with E-state index in [4.69, 9.17) is 0 Å². The van der Waals surface area contributed by atoms with E-state index in [2.05, 4.69) is 16.9 Å². The van der Waals surface area contributed by atoms with Crippen molar-refractivity contribution in [3.8, 4) is 0 Å². The molecule has 82 valence electrons. The zero-order valence-corrected chi connectivity index (χ0v) is 10.8. The summed E-state index contributed by atoms with van der Waals surface area (Å²) in [5.74, 6) is 0.751. The Labute approximate surface area is 103 Å². The number of nitrogens with zero attached hydrogens (tertiary/aromatic N) is 2. The molecule has 0 atom stereocenters. The summed E-state index contributed by atoms with van der Waals surface area (Å²) in [5, 5.41) is 3.15. The zero-order chi connectivity index (χ0) is 11.3. The van der Waals surface area contributed by atoms with Gasteiger partial charge in [0.1, 0.15) is 5.82 Å². The van der Waals surface area contributed by atoms with Crippen molar-refractivity contribution in [2.24, 2.45) is 0 Å². The van der Waals surface area contributed by atoms with E-state index in [1.807, 2.05) is 29.5 Å². The van der Waals surface area contributed by atoms with E-state index >= 15 is 0 Å². The topological polar surface area (TPSA) is 46.9 Å². The number of aromatic nitrogens is 2. The molecule has 0 unspecified atom stereocenters. The Morgan fingerprint density at radius 3 is 3.13 bits per heavy atom. The minimum atomic E-state index is 0.0310. The molecule has 0 aromatic carbocycles. The van der Waals surface area contributed by atoms with Crippen LogP contribution in [0.5, 0.6) is 0 Å². The summed E-state index contributed by atoms with van der Waals surface area (Å²) in [5.41, 5.74) is 0.0310. The van der Waals surface area contributed by atoms with Gasteiger partial charge in [-0.3, -0.25) is 9.36 Å². The molecule has 0 aliphatic rings. The number of hydrogen-bond donors (Lipinski definition) is 1. The molecular weight excluding hydrogens is 305 g/mol. The van der Waals surface area contributed by atoms with Gasteiger partial charge in [-0.25, -0.2) is 4.98 Å². The quantitative estimate of drug-likeness (QED) is 0.499. The fourth-order valence-corrected chi connectivity index (χ4v) is 1.64. The van der Waals surface area contributed by atoms with Crippen LogP contribution < -0.4 is 10.9 Å². The molecule has 0 amide bonds. The smallest absolute Gasteiger partial charge is 0.266 e. The fraction of sp³-hybridized carbons (Fsp3) is 0.400. The Bertz CT molecular complexity index is 400. The summed E-state index contributed by atoms with van der Waals surface area (Å²) in [4.78, 5) is 15.9. The third kappa shape index (κ3) is 3.42. The maximum Gasteiger partial charge on any atom is 0.266 e. The van der Waals surface area contributed by atoms with E-state index in [9.17, 15) is 4.79 Å². The van der Waals surface area contributed by atoms with Gasteiger partial charge in [0, 0.05) is 25.8 Å². The second kappa shape index (κ2) is 6.02. The van der Waals surface area contributed by atoms with Crippen LogP contribution in [0.3, 0.4) is 0 Å².